The van der Waals surface area contributed by atoms with Gasteiger partial charge in [0, 0.05) is 44.1 Å². The Bertz CT molecular complexity index is 1110. The van der Waals surface area contributed by atoms with Gasteiger partial charge in [0.2, 0.25) is 0 Å². The molecule has 3 aromatic rings. The molecule has 2 atom stereocenters. The molecule has 162 valence electrons. The number of nitrogens with two attached hydrogens (primary N) is 1. The SMILES string of the molecule is NC(=O)c1cnn2cc(-c3ccnc(N4CCNCC4)c3)cc2c1N[C@@H]1CCC[C@@H]1F. The molecule has 0 aromatic carbocycles. The quantitative estimate of drug-likeness (QED) is 0.582. The molecule has 4 heterocycles. The number of carbonyl (C=O) groups excluding carboxylic acids is 1. The van der Waals surface area contributed by atoms with Crippen molar-refractivity contribution < 1.29 is 9.18 Å². The second kappa shape index (κ2) is 8.14. The van der Waals surface area contributed by atoms with Crippen LogP contribution in [0.15, 0.2) is 36.8 Å². The van der Waals surface area contributed by atoms with Crippen molar-refractivity contribution in [3.05, 3.63) is 42.4 Å². The van der Waals surface area contributed by atoms with Gasteiger partial charge in [0.1, 0.15) is 12.0 Å². The zero-order valence-electron chi connectivity index (χ0n) is 17.2. The fourth-order valence-corrected chi connectivity index (χ4v) is 4.48. The summed E-state index contributed by atoms with van der Waals surface area (Å²) in [4.78, 5) is 18.8. The highest BCUT2D eigenvalue weighted by Gasteiger charge is 2.29. The molecule has 3 aromatic heterocycles. The first-order valence-electron chi connectivity index (χ1n) is 10.7. The molecule has 9 heteroatoms. The number of carbonyl (C=O) groups is 1. The van der Waals surface area contributed by atoms with Crippen LogP contribution in [0.5, 0.6) is 0 Å². The van der Waals surface area contributed by atoms with Gasteiger partial charge in [-0.05, 0) is 43.0 Å². The molecular weight excluding hydrogens is 397 g/mol. The third-order valence-electron chi connectivity index (χ3n) is 6.18. The number of pyridine rings is 1. The van der Waals surface area contributed by atoms with E-state index in [-0.39, 0.29) is 11.6 Å². The summed E-state index contributed by atoms with van der Waals surface area (Å²) in [6.45, 7) is 3.70. The summed E-state index contributed by atoms with van der Waals surface area (Å²) >= 11 is 0. The van der Waals surface area contributed by atoms with Gasteiger partial charge in [-0.25, -0.2) is 13.9 Å². The van der Waals surface area contributed by atoms with E-state index in [1.54, 1.807) is 4.52 Å². The zero-order valence-corrected chi connectivity index (χ0v) is 17.2. The highest BCUT2D eigenvalue weighted by atomic mass is 19.1. The summed E-state index contributed by atoms with van der Waals surface area (Å²) in [5.74, 6) is 0.350. The Kier molecular flexibility index (Phi) is 5.19. The molecule has 2 fully saturated rings. The Morgan fingerprint density at radius 2 is 2.06 bits per heavy atom. The van der Waals surface area contributed by atoms with Crippen molar-refractivity contribution in [3.63, 3.8) is 0 Å². The van der Waals surface area contributed by atoms with Gasteiger partial charge in [-0.1, -0.05) is 0 Å². The largest absolute Gasteiger partial charge is 0.377 e. The van der Waals surface area contributed by atoms with Crippen molar-refractivity contribution in [2.45, 2.75) is 31.5 Å². The molecule has 0 unspecified atom stereocenters. The normalized spacial score (nSPS) is 21.5. The van der Waals surface area contributed by atoms with Crippen LogP contribution >= 0.6 is 0 Å². The van der Waals surface area contributed by atoms with E-state index >= 15 is 0 Å². The monoisotopic (exact) mass is 423 g/mol. The molecule has 1 aliphatic carbocycles. The summed E-state index contributed by atoms with van der Waals surface area (Å²) < 4.78 is 16.0. The lowest BCUT2D eigenvalue weighted by atomic mass is 10.1. The van der Waals surface area contributed by atoms with Crippen molar-refractivity contribution in [2.75, 3.05) is 36.4 Å². The van der Waals surface area contributed by atoms with Crippen LogP contribution in [0.3, 0.4) is 0 Å². The minimum atomic E-state index is -0.940. The minimum Gasteiger partial charge on any atom is -0.377 e. The predicted molar refractivity (Wildman–Crippen MR) is 118 cm³/mol. The lowest BCUT2D eigenvalue weighted by Gasteiger charge is -2.28. The zero-order chi connectivity index (χ0) is 21.4. The van der Waals surface area contributed by atoms with Crippen molar-refractivity contribution in [2.24, 2.45) is 5.73 Å². The van der Waals surface area contributed by atoms with Gasteiger partial charge in [-0.3, -0.25) is 4.79 Å². The van der Waals surface area contributed by atoms with Crippen LogP contribution < -0.4 is 21.3 Å². The van der Waals surface area contributed by atoms with Crippen molar-refractivity contribution in [1.82, 2.24) is 19.9 Å². The summed E-state index contributed by atoms with van der Waals surface area (Å²) in [5, 5.41) is 11.0. The van der Waals surface area contributed by atoms with Crippen molar-refractivity contribution in [1.29, 1.82) is 0 Å². The van der Waals surface area contributed by atoms with E-state index < -0.39 is 12.1 Å². The van der Waals surface area contributed by atoms with Crippen LogP contribution in [0, 0.1) is 0 Å². The summed E-state index contributed by atoms with van der Waals surface area (Å²) in [7, 11) is 0. The number of fused-ring (bicyclic) bond motifs is 1. The number of halogens is 1. The maximum absolute atomic E-state index is 14.3. The van der Waals surface area contributed by atoms with Gasteiger partial charge >= 0.3 is 0 Å². The lowest BCUT2D eigenvalue weighted by molar-refractivity contribution is 0.100. The number of nitrogens with one attached hydrogen (secondary N) is 2. The standard InChI is InChI=1S/C22H26FN7O/c23-17-2-1-3-18(17)28-21-16(22(24)31)12-27-30-13-15(10-19(21)30)14-4-5-26-20(11-14)29-8-6-25-7-9-29/h4-5,10-13,17-18,25,28H,1-3,6-9H2,(H2,24,31)/t17-,18+/m0/s1. The number of amides is 1. The molecule has 5 rings (SSSR count). The van der Waals surface area contributed by atoms with Crippen LogP contribution in [-0.4, -0.2) is 58.9 Å². The number of aromatic nitrogens is 3. The Morgan fingerprint density at radius 1 is 1.23 bits per heavy atom. The molecule has 1 amide bonds. The molecular formula is C22H26FN7O. The maximum Gasteiger partial charge on any atom is 0.252 e. The molecule has 1 aliphatic heterocycles. The fourth-order valence-electron chi connectivity index (χ4n) is 4.48. The predicted octanol–water partition coefficient (Wildman–Crippen LogP) is 2.21. The Hall–Kier alpha value is -3.20. The third kappa shape index (κ3) is 3.81. The van der Waals surface area contributed by atoms with E-state index in [0.717, 1.165) is 56.0 Å². The van der Waals surface area contributed by atoms with Crippen molar-refractivity contribution >= 4 is 22.9 Å². The van der Waals surface area contributed by atoms with Gasteiger partial charge in [0.25, 0.3) is 5.91 Å². The fraction of sp³-hybridized carbons (Fsp3) is 0.409. The summed E-state index contributed by atoms with van der Waals surface area (Å²) in [6.07, 6.45) is 6.30. The Balaban J connectivity index is 1.54. The van der Waals surface area contributed by atoms with Crippen molar-refractivity contribution in [3.8, 4) is 11.1 Å². The number of hydrogen-bond donors (Lipinski definition) is 3. The molecule has 31 heavy (non-hydrogen) atoms. The minimum absolute atomic E-state index is 0.271. The smallest absolute Gasteiger partial charge is 0.252 e. The van der Waals surface area contributed by atoms with Gasteiger partial charge in [0.05, 0.1) is 29.0 Å². The van der Waals surface area contributed by atoms with Gasteiger partial charge < -0.3 is 21.3 Å². The lowest BCUT2D eigenvalue weighted by Crippen LogP contribution is -2.43. The van der Waals surface area contributed by atoms with E-state index in [4.69, 9.17) is 5.73 Å². The first-order valence-corrected chi connectivity index (χ1v) is 10.7. The van der Waals surface area contributed by atoms with Crippen LogP contribution in [-0.2, 0) is 0 Å². The number of nitrogens with zero attached hydrogens (tertiary/aromatic N) is 4. The van der Waals surface area contributed by atoms with Crippen LogP contribution in [0.2, 0.25) is 0 Å². The van der Waals surface area contributed by atoms with E-state index in [1.807, 2.05) is 24.5 Å². The van der Waals surface area contributed by atoms with E-state index in [9.17, 15) is 9.18 Å². The van der Waals surface area contributed by atoms with Crippen LogP contribution in [0.1, 0.15) is 29.6 Å². The second-order valence-electron chi connectivity index (χ2n) is 8.19. The topological polar surface area (TPSA) is 101 Å². The average Bonchev–Trinajstić information content (AvgIpc) is 3.41. The molecule has 8 nitrogen and oxygen atoms in total. The number of rotatable bonds is 5. The van der Waals surface area contributed by atoms with E-state index in [0.29, 0.717) is 17.6 Å². The molecule has 1 saturated heterocycles. The first kappa shape index (κ1) is 19.7. The number of alkyl halides is 1. The molecule has 0 bridgehead atoms. The molecule has 4 N–H and O–H groups in total. The highest BCUT2D eigenvalue weighted by molar-refractivity contribution is 6.02. The van der Waals surface area contributed by atoms with Crippen LogP contribution in [0.4, 0.5) is 15.9 Å². The number of hydrogen-bond acceptors (Lipinski definition) is 6. The first-order chi connectivity index (χ1) is 15.1. The Labute approximate surface area is 179 Å². The third-order valence-corrected chi connectivity index (χ3v) is 6.18. The molecule has 1 saturated carbocycles. The molecule has 2 aliphatic rings. The summed E-state index contributed by atoms with van der Waals surface area (Å²) in [6, 6.07) is 5.65. The second-order valence-corrected chi connectivity index (χ2v) is 8.19. The van der Waals surface area contributed by atoms with Gasteiger partial charge in [-0.15, -0.1) is 0 Å². The average molecular weight is 423 g/mol. The number of primary amides is 1. The Morgan fingerprint density at radius 3 is 2.81 bits per heavy atom. The molecule has 0 spiro atoms. The number of piperazine rings is 1. The van der Waals surface area contributed by atoms with E-state index in [1.165, 1.54) is 6.20 Å². The van der Waals surface area contributed by atoms with Gasteiger partial charge in [-0.2, -0.15) is 5.10 Å². The number of anilines is 2. The molecule has 0 radical (unpaired) electrons. The van der Waals surface area contributed by atoms with Gasteiger partial charge in [0.15, 0.2) is 0 Å². The highest BCUT2D eigenvalue weighted by Crippen LogP contribution is 2.32. The van der Waals surface area contributed by atoms with Crippen LogP contribution in [0.25, 0.3) is 16.6 Å². The summed E-state index contributed by atoms with van der Waals surface area (Å²) in [5.41, 5.74) is 9.05. The van der Waals surface area contributed by atoms with E-state index in [2.05, 4.69) is 31.7 Å². The maximum atomic E-state index is 14.3.